The van der Waals surface area contributed by atoms with Gasteiger partial charge in [-0.1, -0.05) is 72.8 Å². The van der Waals surface area contributed by atoms with Gasteiger partial charge < -0.3 is 19.5 Å². The van der Waals surface area contributed by atoms with Crippen molar-refractivity contribution < 1.29 is 23.8 Å². The summed E-state index contributed by atoms with van der Waals surface area (Å²) < 4.78 is 16.1. The van der Waals surface area contributed by atoms with Crippen LogP contribution < -0.4 is 10.1 Å². The Balaban J connectivity index is 1.10. The molecule has 6 heteroatoms. The fraction of sp³-hybridized carbons (Fsp3) is 0.161. The molecule has 0 saturated heterocycles. The first-order chi connectivity index (χ1) is 18.1. The highest BCUT2D eigenvalue weighted by Gasteiger charge is 2.28. The second kappa shape index (κ2) is 11.0. The predicted molar refractivity (Wildman–Crippen MR) is 140 cm³/mol. The lowest BCUT2D eigenvalue weighted by Gasteiger charge is -2.14. The quantitative estimate of drug-likeness (QED) is 0.301. The summed E-state index contributed by atoms with van der Waals surface area (Å²) >= 11 is 0. The zero-order chi connectivity index (χ0) is 25.6. The van der Waals surface area contributed by atoms with E-state index in [1.54, 1.807) is 31.4 Å². The maximum atomic E-state index is 12.4. The molecule has 0 aliphatic heterocycles. The van der Waals surface area contributed by atoms with Gasteiger partial charge in [0, 0.05) is 12.5 Å². The van der Waals surface area contributed by atoms with Crippen LogP contribution in [0.4, 0.5) is 4.79 Å². The van der Waals surface area contributed by atoms with Crippen LogP contribution in [0.25, 0.3) is 11.1 Å². The van der Waals surface area contributed by atoms with Crippen LogP contribution in [0.5, 0.6) is 5.75 Å². The van der Waals surface area contributed by atoms with Gasteiger partial charge in [-0.2, -0.15) is 0 Å². The lowest BCUT2D eigenvalue weighted by Crippen LogP contribution is -2.25. The minimum atomic E-state index is -0.482. The summed E-state index contributed by atoms with van der Waals surface area (Å²) in [6.45, 7) is 0.727. The summed E-state index contributed by atoms with van der Waals surface area (Å²) in [4.78, 5) is 24.8. The molecule has 4 aromatic carbocycles. The van der Waals surface area contributed by atoms with Crippen LogP contribution in [0.3, 0.4) is 0 Å². The molecule has 0 atom stereocenters. The Morgan fingerprint density at radius 3 is 1.95 bits per heavy atom. The Morgan fingerprint density at radius 1 is 0.730 bits per heavy atom. The summed E-state index contributed by atoms with van der Waals surface area (Å²) in [7, 11) is 1.60. The minimum absolute atomic E-state index is 0.0151. The van der Waals surface area contributed by atoms with Crippen LogP contribution in [0, 0.1) is 0 Å². The van der Waals surface area contributed by atoms with Gasteiger partial charge in [0.15, 0.2) is 0 Å². The van der Waals surface area contributed by atoms with Gasteiger partial charge in [-0.05, 0) is 57.6 Å². The Kier molecular flexibility index (Phi) is 7.17. The van der Waals surface area contributed by atoms with Crippen molar-refractivity contribution in [1.29, 1.82) is 0 Å². The summed E-state index contributed by atoms with van der Waals surface area (Å²) in [6, 6.07) is 30.7. The van der Waals surface area contributed by atoms with E-state index in [0.29, 0.717) is 5.56 Å². The molecule has 5 rings (SSSR count). The lowest BCUT2D eigenvalue weighted by molar-refractivity contribution is 0.0472. The lowest BCUT2D eigenvalue weighted by atomic mass is 9.98. The molecule has 186 valence electrons. The van der Waals surface area contributed by atoms with Crippen molar-refractivity contribution in [2.45, 2.75) is 19.1 Å². The zero-order valence-corrected chi connectivity index (χ0v) is 20.5. The summed E-state index contributed by atoms with van der Waals surface area (Å²) in [6.07, 6.45) is -0.482. The van der Waals surface area contributed by atoms with Crippen molar-refractivity contribution in [2.24, 2.45) is 0 Å². The maximum absolute atomic E-state index is 12.4. The fourth-order valence-electron chi connectivity index (χ4n) is 4.54. The van der Waals surface area contributed by atoms with Crippen molar-refractivity contribution in [2.75, 3.05) is 13.7 Å². The number of carbonyl (C=O) groups excluding carboxylic acids is 2. The number of esters is 1. The van der Waals surface area contributed by atoms with Crippen molar-refractivity contribution in [3.8, 4) is 16.9 Å². The summed E-state index contributed by atoms with van der Waals surface area (Å²) in [5.74, 6) is 0.352. The highest BCUT2D eigenvalue weighted by Crippen LogP contribution is 2.44. The molecule has 0 saturated carbocycles. The SMILES string of the molecule is COc1ccc(COC(=O)c2ccc(CNC(=O)OCC3c4ccccc4-c4ccccc43)cc2)cc1. The molecule has 6 nitrogen and oxygen atoms in total. The van der Waals surface area contributed by atoms with Gasteiger partial charge in [-0.25, -0.2) is 9.59 Å². The number of hydrogen-bond acceptors (Lipinski definition) is 5. The number of carbonyl (C=O) groups is 2. The topological polar surface area (TPSA) is 73.9 Å². The van der Waals surface area contributed by atoms with Gasteiger partial charge in [0.25, 0.3) is 0 Å². The number of amides is 1. The number of benzene rings is 4. The van der Waals surface area contributed by atoms with Crippen molar-refractivity contribution in [3.63, 3.8) is 0 Å². The average Bonchev–Trinajstić information content (AvgIpc) is 3.28. The third-order valence-electron chi connectivity index (χ3n) is 6.50. The molecular formula is C31H27NO5. The molecule has 0 bridgehead atoms. The highest BCUT2D eigenvalue weighted by atomic mass is 16.5. The fourth-order valence-corrected chi connectivity index (χ4v) is 4.54. The van der Waals surface area contributed by atoms with Crippen LogP contribution >= 0.6 is 0 Å². The van der Waals surface area contributed by atoms with Crippen molar-refractivity contribution in [1.82, 2.24) is 5.32 Å². The van der Waals surface area contributed by atoms with E-state index in [-0.39, 0.29) is 25.7 Å². The number of ether oxygens (including phenoxy) is 3. The van der Waals surface area contributed by atoms with Gasteiger partial charge in [0.1, 0.15) is 19.0 Å². The van der Waals surface area contributed by atoms with Crippen LogP contribution in [-0.4, -0.2) is 25.8 Å². The molecule has 1 N–H and O–H groups in total. The van der Waals surface area contributed by atoms with Gasteiger partial charge in [-0.15, -0.1) is 0 Å². The third-order valence-corrected chi connectivity index (χ3v) is 6.50. The monoisotopic (exact) mass is 493 g/mol. The second-order valence-electron chi connectivity index (χ2n) is 8.80. The first kappa shape index (κ1) is 24.1. The summed E-state index contributed by atoms with van der Waals surface area (Å²) in [5, 5.41) is 2.79. The molecule has 0 unspecified atom stereocenters. The van der Waals surface area contributed by atoms with E-state index >= 15 is 0 Å². The first-order valence-electron chi connectivity index (χ1n) is 12.1. The second-order valence-corrected chi connectivity index (χ2v) is 8.80. The number of hydrogen-bond donors (Lipinski definition) is 1. The van der Waals surface area contributed by atoms with E-state index in [2.05, 4.69) is 29.6 Å². The molecule has 37 heavy (non-hydrogen) atoms. The van der Waals surface area contributed by atoms with Gasteiger partial charge in [-0.3, -0.25) is 0 Å². The van der Waals surface area contributed by atoms with E-state index in [4.69, 9.17) is 14.2 Å². The van der Waals surface area contributed by atoms with Crippen LogP contribution in [0.2, 0.25) is 0 Å². The van der Waals surface area contributed by atoms with Crippen molar-refractivity contribution >= 4 is 12.1 Å². The van der Waals surface area contributed by atoms with E-state index in [0.717, 1.165) is 16.9 Å². The number of rotatable bonds is 8. The van der Waals surface area contributed by atoms with E-state index in [9.17, 15) is 9.59 Å². The Morgan fingerprint density at radius 2 is 1.32 bits per heavy atom. The van der Waals surface area contributed by atoms with Crippen LogP contribution in [0.15, 0.2) is 97.1 Å². The van der Waals surface area contributed by atoms with E-state index in [1.165, 1.54) is 22.3 Å². The van der Waals surface area contributed by atoms with Crippen LogP contribution in [0.1, 0.15) is 38.5 Å². The van der Waals surface area contributed by atoms with E-state index in [1.807, 2.05) is 48.5 Å². The maximum Gasteiger partial charge on any atom is 0.407 e. The van der Waals surface area contributed by atoms with Crippen LogP contribution in [-0.2, 0) is 22.6 Å². The Bertz CT molecular complexity index is 1350. The molecule has 1 amide bonds. The smallest absolute Gasteiger partial charge is 0.407 e. The molecule has 0 heterocycles. The minimum Gasteiger partial charge on any atom is -0.497 e. The molecule has 1 aliphatic rings. The average molecular weight is 494 g/mol. The summed E-state index contributed by atoms with van der Waals surface area (Å²) in [5.41, 5.74) is 6.89. The number of fused-ring (bicyclic) bond motifs is 3. The molecule has 0 spiro atoms. The highest BCUT2D eigenvalue weighted by molar-refractivity contribution is 5.89. The largest absolute Gasteiger partial charge is 0.497 e. The molecular weight excluding hydrogens is 466 g/mol. The van der Waals surface area contributed by atoms with E-state index < -0.39 is 12.1 Å². The van der Waals surface area contributed by atoms with Gasteiger partial charge in [0.2, 0.25) is 0 Å². The first-order valence-corrected chi connectivity index (χ1v) is 12.1. The standard InChI is InChI=1S/C31H27NO5/c1-35-24-16-12-22(13-17-24)19-36-30(33)23-14-10-21(11-15-23)18-32-31(34)37-20-29-27-8-4-2-6-25(27)26-7-3-5-9-28(26)29/h2-17,29H,18-20H2,1H3,(H,32,34). The Labute approximate surface area is 215 Å². The zero-order valence-electron chi connectivity index (χ0n) is 20.5. The van der Waals surface area contributed by atoms with Gasteiger partial charge in [0.05, 0.1) is 12.7 Å². The normalized spacial score (nSPS) is 11.8. The molecule has 0 radical (unpaired) electrons. The molecule has 0 aromatic heterocycles. The Hall–Kier alpha value is -4.58. The molecule has 0 fully saturated rings. The van der Waals surface area contributed by atoms with Gasteiger partial charge >= 0.3 is 12.1 Å². The van der Waals surface area contributed by atoms with Crippen molar-refractivity contribution in [3.05, 3.63) is 125 Å². The third kappa shape index (κ3) is 5.48. The predicted octanol–water partition coefficient (Wildman–Crippen LogP) is 6.09. The number of alkyl carbamates (subject to hydrolysis) is 1. The number of nitrogens with one attached hydrogen (secondary N) is 1. The molecule has 1 aliphatic carbocycles. The number of methoxy groups -OCH3 is 1. The molecule has 4 aromatic rings.